The molecule has 1 aromatic carbocycles. The van der Waals surface area contributed by atoms with Crippen LogP contribution in [0.1, 0.15) is 36.3 Å². The van der Waals surface area contributed by atoms with E-state index in [0.717, 1.165) is 10.4 Å². The summed E-state index contributed by atoms with van der Waals surface area (Å²) in [6, 6.07) is 9.41. The molecule has 0 aliphatic carbocycles. The van der Waals surface area contributed by atoms with E-state index in [2.05, 4.69) is 24.1 Å². The fourth-order valence-corrected chi connectivity index (χ4v) is 2.63. The fourth-order valence-electron chi connectivity index (χ4n) is 1.80. The van der Waals surface area contributed by atoms with E-state index in [-0.39, 0.29) is 5.91 Å². The summed E-state index contributed by atoms with van der Waals surface area (Å²) in [7, 11) is 1.53. The number of hydrogen-bond donors (Lipinski definition) is 1. The van der Waals surface area contributed by atoms with Crippen LogP contribution in [0.15, 0.2) is 36.5 Å². The van der Waals surface area contributed by atoms with Gasteiger partial charge in [0.15, 0.2) is 11.2 Å². The van der Waals surface area contributed by atoms with Crippen LogP contribution >= 0.6 is 11.3 Å². The molecular weight excluding hydrogens is 272 g/mol. The minimum atomic E-state index is -0.623. The van der Waals surface area contributed by atoms with Crippen molar-refractivity contribution in [2.45, 2.75) is 25.9 Å². The lowest BCUT2D eigenvalue weighted by Crippen LogP contribution is -2.22. The molecule has 0 aliphatic heterocycles. The van der Waals surface area contributed by atoms with Gasteiger partial charge < -0.3 is 4.74 Å². The zero-order chi connectivity index (χ0) is 14.5. The number of anilines is 1. The number of benzene rings is 1. The maximum absolute atomic E-state index is 12.3. The molecule has 1 aromatic heterocycles. The second-order valence-corrected chi connectivity index (χ2v) is 5.80. The van der Waals surface area contributed by atoms with Crippen molar-refractivity contribution in [2.24, 2.45) is 0 Å². The molecular formula is C15H18N2O2S. The third-order valence-electron chi connectivity index (χ3n) is 2.90. The molecule has 0 spiro atoms. The van der Waals surface area contributed by atoms with Crippen molar-refractivity contribution in [3.63, 3.8) is 0 Å². The van der Waals surface area contributed by atoms with Gasteiger partial charge in [-0.2, -0.15) is 0 Å². The Balaban J connectivity index is 2.09. The Bertz CT molecular complexity index is 566. The van der Waals surface area contributed by atoms with Crippen molar-refractivity contribution < 1.29 is 9.53 Å². The van der Waals surface area contributed by atoms with Gasteiger partial charge in [-0.1, -0.05) is 44.2 Å². The van der Waals surface area contributed by atoms with E-state index < -0.39 is 6.10 Å². The van der Waals surface area contributed by atoms with E-state index in [9.17, 15) is 4.79 Å². The predicted molar refractivity (Wildman–Crippen MR) is 81.0 cm³/mol. The molecule has 2 aromatic rings. The van der Waals surface area contributed by atoms with Gasteiger partial charge in [0.1, 0.15) is 0 Å². The topological polar surface area (TPSA) is 51.2 Å². The lowest BCUT2D eigenvalue weighted by atomic mass is 10.1. The smallest absolute Gasteiger partial charge is 0.259 e. The molecule has 0 saturated carbocycles. The van der Waals surface area contributed by atoms with Gasteiger partial charge in [-0.15, -0.1) is 11.3 Å². The van der Waals surface area contributed by atoms with Crippen LogP contribution in [-0.2, 0) is 9.53 Å². The van der Waals surface area contributed by atoms with E-state index in [1.54, 1.807) is 6.20 Å². The maximum atomic E-state index is 12.3. The molecule has 0 unspecified atom stereocenters. The molecule has 4 nitrogen and oxygen atoms in total. The van der Waals surface area contributed by atoms with Crippen LogP contribution in [0.3, 0.4) is 0 Å². The van der Waals surface area contributed by atoms with E-state index in [1.807, 2.05) is 30.3 Å². The summed E-state index contributed by atoms with van der Waals surface area (Å²) in [5.41, 5.74) is 0.827. The van der Waals surface area contributed by atoms with Gasteiger partial charge in [-0.05, 0) is 11.5 Å². The number of thiazole rings is 1. The zero-order valence-corrected chi connectivity index (χ0v) is 12.6. The van der Waals surface area contributed by atoms with Gasteiger partial charge in [0.05, 0.1) is 0 Å². The molecule has 1 N–H and O–H groups in total. The first kappa shape index (κ1) is 14.7. The fraction of sp³-hybridized carbons (Fsp3) is 0.333. The normalized spacial score (nSPS) is 12.4. The first-order chi connectivity index (χ1) is 9.61. The number of nitrogens with zero attached hydrogens (tertiary/aromatic N) is 1. The molecule has 5 heteroatoms. The Hall–Kier alpha value is -1.72. The summed E-state index contributed by atoms with van der Waals surface area (Å²) in [5, 5.41) is 3.42. The average molecular weight is 290 g/mol. The van der Waals surface area contributed by atoms with Crippen LogP contribution in [-0.4, -0.2) is 18.0 Å². The highest BCUT2D eigenvalue weighted by molar-refractivity contribution is 7.15. The van der Waals surface area contributed by atoms with Gasteiger partial charge >= 0.3 is 0 Å². The Labute approximate surface area is 122 Å². The summed E-state index contributed by atoms with van der Waals surface area (Å²) in [5.74, 6) is 0.203. The van der Waals surface area contributed by atoms with Crippen LogP contribution < -0.4 is 5.32 Å². The van der Waals surface area contributed by atoms with Crippen LogP contribution in [0.5, 0.6) is 0 Å². The summed E-state index contributed by atoms with van der Waals surface area (Å²) in [6.45, 7) is 4.20. The van der Waals surface area contributed by atoms with E-state index in [0.29, 0.717) is 11.0 Å². The van der Waals surface area contributed by atoms with Crippen LogP contribution in [0, 0.1) is 0 Å². The highest BCUT2D eigenvalue weighted by Gasteiger charge is 2.21. The average Bonchev–Trinajstić information content (AvgIpc) is 2.89. The number of aromatic nitrogens is 1. The largest absolute Gasteiger partial charge is 0.367 e. The number of nitrogens with one attached hydrogen (secondary N) is 1. The molecule has 0 saturated heterocycles. The van der Waals surface area contributed by atoms with Gasteiger partial charge in [-0.25, -0.2) is 4.98 Å². The molecule has 0 fully saturated rings. The van der Waals surface area contributed by atoms with Gasteiger partial charge in [-0.3, -0.25) is 10.1 Å². The molecule has 1 amide bonds. The van der Waals surface area contributed by atoms with E-state index in [1.165, 1.54) is 18.4 Å². The van der Waals surface area contributed by atoms with Crippen LogP contribution in [0.4, 0.5) is 5.13 Å². The Kier molecular flexibility index (Phi) is 4.87. The van der Waals surface area contributed by atoms with Crippen LogP contribution in [0.25, 0.3) is 0 Å². The minimum absolute atomic E-state index is 0.205. The lowest BCUT2D eigenvalue weighted by molar-refractivity contribution is -0.126. The Morgan fingerprint density at radius 1 is 1.30 bits per heavy atom. The maximum Gasteiger partial charge on any atom is 0.259 e. The third-order valence-corrected chi connectivity index (χ3v) is 4.11. The highest BCUT2D eigenvalue weighted by atomic mass is 32.1. The molecule has 20 heavy (non-hydrogen) atoms. The first-order valence-corrected chi connectivity index (χ1v) is 7.27. The lowest BCUT2D eigenvalue weighted by Gasteiger charge is -2.14. The zero-order valence-electron chi connectivity index (χ0n) is 11.8. The number of hydrogen-bond acceptors (Lipinski definition) is 4. The molecule has 106 valence electrons. The molecule has 0 bridgehead atoms. The van der Waals surface area contributed by atoms with Gasteiger partial charge in [0.2, 0.25) is 0 Å². The third kappa shape index (κ3) is 3.43. The van der Waals surface area contributed by atoms with Crippen molar-refractivity contribution in [2.75, 3.05) is 12.4 Å². The SMILES string of the molecule is CO[C@@H](C(=O)Nc1ncc(C(C)C)s1)c1ccccc1. The van der Waals surface area contributed by atoms with E-state index in [4.69, 9.17) is 4.74 Å². The van der Waals surface area contributed by atoms with Gasteiger partial charge in [0, 0.05) is 18.2 Å². The second-order valence-electron chi connectivity index (χ2n) is 4.74. The number of methoxy groups -OCH3 is 1. The number of carbonyl (C=O) groups excluding carboxylic acids is 1. The van der Waals surface area contributed by atoms with Crippen LogP contribution in [0.2, 0.25) is 0 Å². The highest BCUT2D eigenvalue weighted by Crippen LogP contribution is 2.26. The minimum Gasteiger partial charge on any atom is -0.367 e. The molecule has 2 rings (SSSR count). The molecule has 0 radical (unpaired) electrons. The summed E-state index contributed by atoms with van der Waals surface area (Å²) >= 11 is 1.49. The van der Waals surface area contributed by atoms with Gasteiger partial charge in [0.25, 0.3) is 5.91 Å². The van der Waals surface area contributed by atoms with E-state index >= 15 is 0 Å². The monoisotopic (exact) mass is 290 g/mol. The second kappa shape index (κ2) is 6.63. The Morgan fingerprint density at radius 2 is 2.00 bits per heavy atom. The summed E-state index contributed by atoms with van der Waals surface area (Å²) in [6.07, 6.45) is 1.18. The predicted octanol–water partition coefficient (Wildman–Crippen LogP) is 3.59. The number of carbonyl (C=O) groups is 1. The summed E-state index contributed by atoms with van der Waals surface area (Å²) in [4.78, 5) is 17.6. The molecule has 0 aliphatic rings. The van der Waals surface area contributed by atoms with Crippen molar-refractivity contribution in [3.05, 3.63) is 47.0 Å². The van der Waals surface area contributed by atoms with Crippen molar-refractivity contribution in [1.82, 2.24) is 4.98 Å². The van der Waals surface area contributed by atoms with Crippen molar-refractivity contribution >= 4 is 22.4 Å². The number of amides is 1. The van der Waals surface area contributed by atoms with Crippen molar-refractivity contribution in [1.29, 1.82) is 0 Å². The first-order valence-electron chi connectivity index (χ1n) is 6.46. The quantitative estimate of drug-likeness (QED) is 0.915. The number of ether oxygens (including phenoxy) is 1. The number of rotatable bonds is 5. The standard InChI is InChI=1S/C15H18N2O2S/c1-10(2)12-9-16-15(20-12)17-14(18)13(19-3)11-7-5-4-6-8-11/h4-10,13H,1-3H3,(H,16,17,18)/t13-/m1/s1. The summed E-state index contributed by atoms with van der Waals surface area (Å²) < 4.78 is 5.29. The Morgan fingerprint density at radius 3 is 2.55 bits per heavy atom. The van der Waals surface area contributed by atoms with Crippen molar-refractivity contribution in [3.8, 4) is 0 Å². The molecule has 1 heterocycles. The molecule has 1 atom stereocenters.